The van der Waals surface area contributed by atoms with Crippen LogP contribution in [0.2, 0.25) is 5.02 Å². The van der Waals surface area contributed by atoms with E-state index in [-0.39, 0.29) is 24.1 Å². The third kappa shape index (κ3) is 6.93. The molecule has 21 heavy (non-hydrogen) atoms. The predicted molar refractivity (Wildman–Crippen MR) is 85.2 cm³/mol. The second-order valence-electron chi connectivity index (χ2n) is 5.21. The molecule has 0 radical (unpaired) electrons. The normalized spacial score (nSPS) is 13.2. The van der Waals surface area contributed by atoms with E-state index in [1.807, 2.05) is 31.1 Å². The number of carbonyl (C=O) groups excluding carboxylic acids is 1. The van der Waals surface area contributed by atoms with Gasteiger partial charge in [0.1, 0.15) is 9.84 Å². The van der Waals surface area contributed by atoms with Gasteiger partial charge in [-0.3, -0.25) is 4.79 Å². The standard InChI is InChI=1S/C14H21ClN2O3S/c1-17(2)13(11-4-6-12(15)7-5-11)10-16-14(18)8-9-21(3,19)20/h4-7,13H,8-10H2,1-3H3,(H,16,18). The van der Waals surface area contributed by atoms with Crippen molar-refractivity contribution in [2.45, 2.75) is 12.5 Å². The molecule has 1 atom stereocenters. The fourth-order valence-electron chi connectivity index (χ4n) is 1.86. The number of hydrogen-bond acceptors (Lipinski definition) is 4. The number of rotatable bonds is 7. The molecule has 118 valence electrons. The number of benzene rings is 1. The molecular weight excluding hydrogens is 312 g/mol. The van der Waals surface area contributed by atoms with Gasteiger partial charge in [0.05, 0.1) is 11.8 Å². The van der Waals surface area contributed by atoms with Gasteiger partial charge in [0.15, 0.2) is 0 Å². The van der Waals surface area contributed by atoms with Crippen LogP contribution in [-0.4, -0.2) is 51.9 Å². The molecule has 1 unspecified atom stereocenters. The molecule has 0 aliphatic rings. The van der Waals surface area contributed by atoms with Gasteiger partial charge in [-0.2, -0.15) is 0 Å². The monoisotopic (exact) mass is 332 g/mol. The lowest BCUT2D eigenvalue weighted by Gasteiger charge is -2.25. The van der Waals surface area contributed by atoms with Gasteiger partial charge >= 0.3 is 0 Å². The van der Waals surface area contributed by atoms with Crippen LogP contribution in [0.4, 0.5) is 0 Å². The molecule has 1 aromatic rings. The minimum atomic E-state index is -3.12. The largest absolute Gasteiger partial charge is 0.354 e. The second kappa shape index (κ2) is 7.77. The fraction of sp³-hybridized carbons (Fsp3) is 0.500. The van der Waals surface area contributed by atoms with Crippen molar-refractivity contribution in [3.8, 4) is 0 Å². The van der Waals surface area contributed by atoms with Crippen molar-refractivity contribution in [2.24, 2.45) is 0 Å². The highest BCUT2D eigenvalue weighted by Gasteiger charge is 2.16. The molecule has 0 bridgehead atoms. The number of nitrogens with zero attached hydrogens (tertiary/aromatic N) is 1. The van der Waals surface area contributed by atoms with Crippen molar-refractivity contribution in [1.82, 2.24) is 10.2 Å². The predicted octanol–water partition coefficient (Wildman–Crippen LogP) is 1.49. The van der Waals surface area contributed by atoms with Crippen LogP contribution < -0.4 is 5.32 Å². The highest BCUT2D eigenvalue weighted by atomic mass is 35.5. The molecule has 1 N–H and O–H groups in total. The molecule has 0 heterocycles. The lowest BCUT2D eigenvalue weighted by atomic mass is 10.1. The third-order valence-corrected chi connectivity index (χ3v) is 4.27. The van der Waals surface area contributed by atoms with Crippen LogP contribution in [0.25, 0.3) is 0 Å². The molecule has 0 aromatic heterocycles. The van der Waals surface area contributed by atoms with Gasteiger partial charge in [-0.15, -0.1) is 0 Å². The van der Waals surface area contributed by atoms with Crippen LogP contribution in [-0.2, 0) is 14.6 Å². The number of nitrogens with one attached hydrogen (secondary N) is 1. The summed E-state index contributed by atoms with van der Waals surface area (Å²) >= 11 is 5.87. The number of hydrogen-bond donors (Lipinski definition) is 1. The zero-order chi connectivity index (χ0) is 16.0. The lowest BCUT2D eigenvalue weighted by Crippen LogP contribution is -2.35. The SMILES string of the molecule is CN(C)C(CNC(=O)CCS(C)(=O)=O)c1ccc(Cl)cc1. The van der Waals surface area contributed by atoms with E-state index >= 15 is 0 Å². The van der Waals surface area contributed by atoms with Crippen LogP contribution in [0.1, 0.15) is 18.0 Å². The first-order valence-electron chi connectivity index (χ1n) is 6.55. The van der Waals surface area contributed by atoms with Crippen LogP contribution in [0.5, 0.6) is 0 Å². The molecule has 5 nitrogen and oxygen atoms in total. The molecule has 0 aliphatic heterocycles. The van der Waals surface area contributed by atoms with Crippen LogP contribution in [0.15, 0.2) is 24.3 Å². The molecule has 0 fully saturated rings. The molecule has 0 aliphatic carbocycles. The molecule has 0 spiro atoms. The van der Waals surface area contributed by atoms with E-state index in [0.717, 1.165) is 11.8 Å². The summed E-state index contributed by atoms with van der Waals surface area (Å²) in [6.07, 6.45) is 1.11. The summed E-state index contributed by atoms with van der Waals surface area (Å²) in [7, 11) is 0.720. The number of halogens is 1. The summed E-state index contributed by atoms with van der Waals surface area (Å²) in [4.78, 5) is 13.7. The van der Waals surface area contributed by atoms with Crippen LogP contribution in [0, 0.1) is 0 Å². The van der Waals surface area contributed by atoms with E-state index in [1.165, 1.54) is 0 Å². The van der Waals surface area contributed by atoms with Crippen LogP contribution >= 0.6 is 11.6 Å². The molecule has 0 saturated heterocycles. The Hall–Kier alpha value is -1.11. The smallest absolute Gasteiger partial charge is 0.221 e. The van der Waals surface area contributed by atoms with E-state index in [9.17, 15) is 13.2 Å². The van der Waals surface area contributed by atoms with Gasteiger partial charge in [-0.05, 0) is 31.8 Å². The molecule has 0 saturated carbocycles. The first-order valence-corrected chi connectivity index (χ1v) is 8.99. The highest BCUT2D eigenvalue weighted by Crippen LogP contribution is 2.19. The average Bonchev–Trinajstić information content (AvgIpc) is 2.37. The van der Waals surface area contributed by atoms with Crippen LogP contribution in [0.3, 0.4) is 0 Å². The Bertz CT molecular complexity index is 570. The highest BCUT2D eigenvalue weighted by molar-refractivity contribution is 7.90. The summed E-state index contributed by atoms with van der Waals surface area (Å²) in [5.74, 6) is -0.395. The maximum Gasteiger partial charge on any atom is 0.221 e. The third-order valence-electron chi connectivity index (χ3n) is 3.07. The first kappa shape index (κ1) is 17.9. The molecule has 7 heteroatoms. The van der Waals surface area contributed by atoms with Gasteiger partial charge in [-0.1, -0.05) is 23.7 Å². The van der Waals surface area contributed by atoms with E-state index < -0.39 is 9.84 Å². The average molecular weight is 333 g/mol. The Morgan fingerprint density at radius 1 is 1.29 bits per heavy atom. The Balaban J connectivity index is 2.60. The zero-order valence-corrected chi connectivity index (χ0v) is 14.0. The molecule has 1 rings (SSSR count). The van der Waals surface area contributed by atoms with Gasteiger partial charge in [0.25, 0.3) is 0 Å². The maximum atomic E-state index is 11.7. The van der Waals surface area contributed by atoms with Crippen molar-refractivity contribution in [3.63, 3.8) is 0 Å². The minimum absolute atomic E-state index is 0.00412. The summed E-state index contributed by atoms with van der Waals surface area (Å²) < 4.78 is 22.1. The lowest BCUT2D eigenvalue weighted by molar-refractivity contribution is -0.120. The van der Waals surface area contributed by atoms with Crippen molar-refractivity contribution >= 4 is 27.3 Å². The molecule has 1 aromatic carbocycles. The number of carbonyl (C=O) groups is 1. The van der Waals surface area contributed by atoms with Gasteiger partial charge in [-0.25, -0.2) is 8.42 Å². The Labute approximate surface area is 131 Å². The topological polar surface area (TPSA) is 66.5 Å². The Morgan fingerprint density at radius 2 is 1.86 bits per heavy atom. The summed E-state index contributed by atoms with van der Waals surface area (Å²) in [6.45, 7) is 0.414. The Kier molecular flexibility index (Phi) is 6.64. The fourth-order valence-corrected chi connectivity index (χ4v) is 2.54. The van der Waals surface area contributed by atoms with E-state index in [0.29, 0.717) is 11.6 Å². The first-order chi connectivity index (χ1) is 9.69. The van der Waals surface area contributed by atoms with Gasteiger partial charge < -0.3 is 10.2 Å². The summed E-state index contributed by atoms with van der Waals surface area (Å²) in [6, 6.07) is 7.44. The molecule has 1 amide bonds. The number of likely N-dealkylation sites (N-methyl/N-ethyl adjacent to an activating group) is 1. The second-order valence-corrected chi connectivity index (χ2v) is 7.91. The maximum absolute atomic E-state index is 11.7. The van der Waals surface area contributed by atoms with Gasteiger partial charge in [0.2, 0.25) is 5.91 Å². The van der Waals surface area contributed by atoms with Crippen molar-refractivity contribution in [2.75, 3.05) is 32.6 Å². The number of sulfone groups is 1. The van der Waals surface area contributed by atoms with E-state index in [2.05, 4.69) is 5.32 Å². The summed E-state index contributed by atoms with van der Waals surface area (Å²) in [5.41, 5.74) is 1.04. The van der Waals surface area contributed by atoms with Crippen molar-refractivity contribution < 1.29 is 13.2 Å². The number of amides is 1. The van der Waals surface area contributed by atoms with E-state index in [1.54, 1.807) is 12.1 Å². The quantitative estimate of drug-likeness (QED) is 0.821. The van der Waals surface area contributed by atoms with Crippen molar-refractivity contribution in [3.05, 3.63) is 34.9 Å². The minimum Gasteiger partial charge on any atom is -0.354 e. The van der Waals surface area contributed by atoms with Gasteiger partial charge in [0, 0.05) is 24.2 Å². The van der Waals surface area contributed by atoms with Crippen molar-refractivity contribution in [1.29, 1.82) is 0 Å². The van der Waals surface area contributed by atoms with E-state index in [4.69, 9.17) is 11.6 Å². The summed E-state index contributed by atoms with van der Waals surface area (Å²) in [5, 5.41) is 3.43. The Morgan fingerprint density at radius 3 is 2.33 bits per heavy atom. The molecular formula is C14H21ClN2O3S. The zero-order valence-electron chi connectivity index (χ0n) is 12.5.